The average Bonchev–Trinajstić information content (AvgIpc) is 3.20. The van der Waals surface area contributed by atoms with Gasteiger partial charge in [0.05, 0.1) is 27.0 Å². The molecule has 3 heterocycles. The van der Waals surface area contributed by atoms with Gasteiger partial charge in [0, 0.05) is 32.3 Å². The van der Waals surface area contributed by atoms with Crippen LogP contribution in [-0.2, 0) is 7.05 Å². The molecule has 23 heavy (non-hydrogen) atoms. The van der Waals surface area contributed by atoms with Gasteiger partial charge in [-0.2, -0.15) is 5.10 Å². The molecule has 1 fully saturated rings. The van der Waals surface area contributed by atoms with Crippen molar-refractivity contribution in [2.45, 2.75) is 18.8 Å². The second-order valence-electron chi connectivity index (χ2n) is 6.01. The van der Waals surface area contributed by atoms with E-state index < -0.39 is 0 Å². The van der Waals surface area contributed by atoms with Gasteiger partial charge in [-0.3, -0.25) is 9.48 Å². The van der Waals surface area contributed by atoms with Gasteiger partial charge in [-0.25, -0.2) is 4.98 Å². The van der Waals surface area contributed by atoms with Crippen molar-refractivity contribution in [3.8, 4) is 0 Å². The number of carbonyl (C=O) groups is 1. The van der Waals surface area contributed by atoms with Crippen molar-refractivity contribution in [1.29, 1.82) is 0 Å². The maximum Gasteiger partial charge on any atom is 0.257 e. The Labute approximate surface area is 138 Å². The van der Waals surface area contributed by atoms with Crippen LogP contribution in [0, 0.1) is 0 Å². The fourth-order valence-electron chi connectivity index (χ4n) is 3.14. The lowest BCUT2D eigenvalue weighted by molar-refractivity contribution is 0.0707. The molecule has 1 aliphatic rings. The van der Waals surface area contributed by atoms with Crippen LogP contribution in [0.1, 0.15) is 34.1 Å². The molecule has 1 aliphatic heterocycles. The van der Waals surface area contributed by atoms with E-state index >= 15 is 0 Å². The molecule has 1 atom stereocenters. The highest BCUT2D eigenvalue weighted by atomic mass is 32.1. The standard InChI is InChI=1S/C17H18N4OS/c1-20-10-13(9-18-20)17(22)21-8-4-5-12(11-21)16-19-14-6-2-3-7-15(14)23-16/h2-3,6-7,9-10,12H,4-5,8,11H2,1H3/t12-/m0/s1. The van der Waals surface area contributed by atoms with Crippen molar-refractivity contribution in [2.75, 3.05) is 13.1 Å². The Balaban J connectivity index is 1.55. The summed E-state index contributed by atoms with van der Waals surface area (Å²) in [7, 11) is 1.83. The summed E-state index contributed by atoms with van der Waals surface area (Å²) in [6.45, 7) is 1.56. The van der Waals surface area contributed by atoms with Crippen LogP contribution in [0.3, 0.4) is 0 Å². The zero-order valence-electron chi connectivity index (χ0n) is 13.0. The normalized spacial score (nSPS) is 18.5. The summed E-state index contributed by atoms with van der Waals surface area (Å²) in [5.41, 5.74) is 1.72. The minimum atomic E-state index is 0.0731. The minimum absolute atomic E-state index is 0.0731. The van der Waals surface area contributed by atoms with Crippen molar-refractivity contribution < 1.29 is 4.79 Å². The molecule has 5 nitrogen and oxygen atoms in total. The van der Waals surface area contributed by atoms with Gasteiger partial charge in [0.2, 0.25) is 0 Å². The largest absolute Gasteiger partial charge is 0.338 e. The Morgan fingerprint density at radius 3 is 3.00 bits per heavy atom. The van der Waals surface area contributed by atoms with Gasteiger partial charge in [0.1, 0.15) is 0 Å². The van der Waals surface area contributed by atoms with Crippen LogP contribution in [0.4, 0.5) is 0 Å². The zero-order valence-corrected chi connectivity index (χ0v) is 13.8. The topological polar surface area (TPSA) is 51.0 Å². The van der Waals surface area contributed by atoms with Crippen molar-refractivity contribution >= 4 is 27.5 Å². The van der Waals surface area contributed by atoms with Gasteiger partial charge >= 0.3 is 0 Å². The molecule has 1 aromatic carbocycles. The number of likely N-dealkylation sites (tertiary alicyclic amines) is 1. The van der Waals surface area contributed by atoms with Crippen molar-refractivity contribution in [3.05, 3.63) is 47.2 Å². The quantitative estimate of drug-likeness (QED) is 0.727. The monoisotopic (exact) mass is 326 g/mol. The van der Waals surface area contributed by atoms with Gasteiger partial charge in [-0.1, -0.05) is 12.1 Å². The lowest BCUT2D eigenvalue weighted by Gasteiger charge is -2.31. The molecule has 0 bridgehead atoms. The van der Waals surface area contributed by atoms with Gasteiger partial charge in [-0.05, 0) is 25.0 Å². The number of carbonyl (C=O) groups excluding carboxylic acids is 1. The summed E-state index contributed by atoms with van der Waals surface area (Å²) < 4.78 is 2.89. The molecule has 0 radical (unpaired) electrons. The molecular formula is C17H18N4OS. The lowest BCUT2D eigenvalue weighted by Crippen LogP contribution is -2.39. The number of nitrogens with zero attached hydrogens (tertiary/aromatic N) is 4. The first kappa shape index (κ1) is 14.4. The number of piperidine rings is 1. The highest BCUT2D eigenvalue weighted by Crippen LogP contribution is 2.33. The second kappa shape index (κ2) is 5.77. The predicted octanol–water partition coefficient (Wildman–Crippen LogP) is 3.05. The maximum absolute atomic E-state index is 12.6. The van der Waals surface area contributed by atoms with Crippen LogP contribution in [0.2, 0.25) is 0 Å². The fraction of sp³-hybridized carbons (Fsp3) is 0.353. The molecule has 6 heteroatoms. The number of thiazole rings is 1. The smallest absolute Gasteiger partial charge is 0.257 e. The van der Waals surface area contributed by atoms with Gasteiger partial charge < -0.3 is 4.90 Å². The van der Waals surface area contributed by atoms with Crippen LogP contribution in [-0.4, -0.2) is 38.7 Å². The summed E-state index contributed by atoms with van der Waals surface area (Å²) in [5, 5.41) is 5.25. The molecule has 0 saturated carbocycles. The summed E-state index contributed by atoms with van der Waals surface area (Å²) in [6.07, 6.45) is 5.54. The first-order chi connectivity index (χ1) is 11.2. The van der Waals surface area contributed by atoms with E-state index in [0.29, 0.717) is 11.5 Å². The molecule has 0 N–H and O–H groups in total. The number of aromatic nitrogens is 3. The Bertz CT molecular complexity index is 820. The number of fused-ring (bicyclic) bond motifs is 1. The van der Waals surface area contributed by atoms with E-state index in [4.69, 9.17) is 4.98 Å². The summed E-state index contributed by atoms with van der Waals surface area (Å²) in [6, 6.07) is 8.23. The third kappa shape index (κ3) is 2.74. The molecule has 3 aromatic rings. The minimum Gasteiger partial charge on any atom is -0.338 e. The van der Waals surface area contributed by atoms with Crippen molar-refractivity contribution in [2.24, 2.45) is 7.05 Å². The molecular weight excluding hydrogens is 308 g/mol. The molecule has 1 saturated heterocycles. The van der Waals surface area contributed by atoms with Crippen LogP contribution in [0.25, 0.3) is 10.2 Å². The van der Waals surface area contributed by atoms with Crippen LogP contribution < -0.4 is 0 Å². The van der Waals surface area contributed by atoms with Crippen molar-refractivity contribution in [1.82, 2.24) is 19.7 Å². The maximum atomic E-state index is 12.6. The lowest BCUT2D eigenvalue weighted by atomic mass is 9.98. The third-order valence-corrected chi connectivity index (χ3v) is 5.52. The predicted molar refractivity (Wildman–Crippen MR) is 90.7 cm³/mol. The van der Waals surface area contributed by atoms with Gasteiger partial charge in [-0.15, -0.1) is 11.3 Å². The first-order valence-corrected chi connectivity index (χ1v) is 8.66. The first-order valence-electron chi connectivity index (χ1n) is 7.84. The molecule has 4 rings (SSSR count). The number of rotatable bonds is 2. The van der Waals surface area contributed by atoms with Gasteiger partial charge in [0.15, 0.2) is 0 Å². The number of aryl methyl sites for hydroxylation is 1. The molecule has 1 amide bonds. The highest BCUT2D eigenvalue weighted by Gasteiger charge is 2.27. The van der Waals surface area contributed by atoms with Crippen LogP contribution in [0.5, 0.6) is 0 Å². The molecule has 118 valence electrons. The number of hydrogen-bond acceptors (Lipinski definition) is 4. The van der Waals surface area contributed by atoms with E-state index in [2.05, 4.69) is 17.2 Å². The summed E-state index contributed by atoms with van der Waals surface area (Å²) in [5.74, 6) is 0.408. The Morgan fingerprint density at radius 1 is 1.35 bits per heavy atom. The summed E-state index contributed by atoms with van der Waals surface area (Å²) >= 11 is 1.75. The van der Waals surface area contributed by atoms with E-state index in [9.17, 15) is 4.79 Å². The van der Waals surface area contributed by atoms with Crippen molar-refractivity contribution in [3.63, 3.8) is 0 Å². The van der Waals surface area contributed by atoms with E-state index in [1.54, 1.807) is 28.4 Å². The SMILES string of the molecule is Cn1cc(C(=O)N2CCC[C@H](c3nc4ccccc4s3)C2)cn1. The fourth-order valence-corrected chi connectivity index (χ4v) is 4.24. The Morgan fingerprint density at radius 2 is 2.22 bits per heavy atom. The summed E-state index contributed by atoms with van der Waals surface area (Å²) in [4.78, 5) is 19.3. The molecule has 0 unspecified atom stereocenters. The van der Waals surface area contributed by atoms with E-state index in [1.165, 1.54) is 4.70 Å². The van der Waals surface area contributed by atoms with Gasteiger partial charge in [0.25, 0.3) is 5.91 Å². The Hall–Kier alpha value is -2.21. The Kier molecular flexibility index (Phi) is 3.61. The van der Waals surface area contributed by atoms with E-state index in [-0.39, 0.29) is 5.91 Å². The number of hydrogen-bond donors (Lipinski definition) is 0. The molecule has 0 aliphatic carbocycles. The average molecular weight is 326 g/mol. The second-order valence-corrected chi connectivity index (χ2v) is 7.08. The van der Waals surface area contributed by atoms with E-state index in [0.717, 1.165) is 36.5 Å². The van der Waals surface area contributed by atoms with Crippen LogP contribution in [0.15, 0.2) is 36.7 Å². The van der Waals surface area contributed by atoms with E-state index in [1.807, 2.05) is 24.1 Å². The molecule has 0 spiro atoms. The highest BCUT2D eigenvalue weighted by molar-refractivity contribution is 7.18. The third-order valence-electron chi connectivity index (χ3n) is 4.32. The zero-order chi connectivity index (χ0) is 15.8. The van der Waals surface area contributed by atoms with Crippen LogP contribution >= 0.6 is 11.3 Å². The number of para-hydroxylation sites is 1. The number of benzene rings is 1. The number of amides is 1. The molecule has 2 aromatic heterocycles.